The van der Waals surface area contributed by atoms with Crippen LogP contribution in [0.1, 0.15) is 0 Å². The van der Waals surface area contributed by atoms with Gasteiger partial charge in [0.15, 0.2) is 0 Å². The zero-order valence-corrected chi connectivity index (χ0v) is 5.50. The van der Waals surface area contributed by atoms with E-state index < -0.39 is 0 Å². The molecule has 0 fully saturated rings. The molecule has 0 amide bonds. The third kappa shape index (κ3) is 10.4. The van der Waals surface area contributed by atoms with E-state index in [1.165, 1.54) is 0 Å². The summed E-state index contributed by atoms with van der Waals surface area (Å²) in [5.41, 5.74) is 0. The van der Waals surface area contributed by atoms with Crippen LogP contribution in [0.4, 0.5) is 0 Å². The smallest absolute Gasteiger partial charge is 0 e. The van der Waals surface area contributed by atoms with E-state index in [1.807, 2.05) is 0 Å². The van der Waals surface area contributed by atoms with Crippen LogP contribution in [0.5, 0.6) is 0 Å². The van der Waals surface area contributed by atoms with Gasteiger partial charge in [-0.15, -0.1) is 0 Å². The summed E-state index contributed by atoms with van der Waals surface area (Å²) >= 11 is 0. The molecule has 0 rings (SSSR count). The van der Waals surface area contributed by atoms with Crippen molar-refractivity contribution in [1.29, 1.82) is 0 Å². The van der Waals surface area contributed by atoms with Crippen molar-refractivity contribution >= 4 is 43.1 Å². The first kappa shape index (κ1) is 59.6. The van der Waals surface area contributed by atoms with Gasteiger partial charge in [-0.1, -0.05) is 0 Å². The van der Waals surface area contributed by atoms with E-state index in [2.05, 4.69) is 0 Å². The molecule has 0 bridgehead atoms. The van der Waals surface area contributed by atoms with Gasteiger partial charge in [0, 0.05) is 29.6 Å². The van der Waals surface area contributed by atoms with Crippen LogP contribution >= 0.6 is 13.5 Å². The Morgan fingerprint density at radius 2 is 0.750 bits per heavy atom. The van der Waals surface area contributed by atoms with E-state index in [-0.39, 0.29) is 54.0 Å². The summed E-state index contributed by atoms with van der Waals surface area (Å²) in [6.07, 6.45) is 0. The van der Waals surface area contributed by atoms with Crippen molar-refractivity contribution in [2.45, 2.75) is 0 Å². The second kappa shape index (κ2) is 28.3. The van der Waals surface area contributed by atoms with Crippen LogP contribution in [-0.2, 0) is 0 Å². The van der Waals surface area contributed by atoms with Gasteiger partial charge in [-0.2, -0.15) is 13.5 Å². The molecular weight excluding hydrogens is 87.1 g/mol. The van der Waals surface area contributed by atoms with E-state index in [0.29, 0.717) is 0 Å². The van der Waals surface area contributed by atoms with Gasteiger partial charge in [0.25, 0.3) is 0 Å². The monoisotopic (exact) mass is 93.0 g/mol. The summed E-state index contributed by atoms with van der Waals surface area (Å²) in [5, 5.41) is 0. The summed E-state index contributed by atoms with van der Waals surface area (Å²) in [4.78, 5) is 0. The summed E-state index contributed by atoms with van der Waals surface area (Å²) in [5.74, 6) is 0. The maximum absolute atomic E-state index is 0. The van der Waals surface area contributed by atoms with Crippen LogP contribution in [0.25, 0.3) is 0 Å². The Morgan fingerprint density at radius 1 is 0.750 bits per heavy atom. The van der Waals surface area contributed by atoms with Gasteiger partial charge < -0.3 is 11.0 Å². The molecule has 4 heavy (non-hydrogen) atoms. The average Bonchev–Trinajstić information content (AvgIpc) is 0. The largest absolute Gasteiger partial charge is 0.412 e. The predicted molar refractivity (Wildman–Crippen MR) is 23.4 cm³/mol. The Labute approximate surface area is 53.9 Å². The molecule has 1 radical (unpaired) electrons. The standard InChI is InChI=1S/Na.2H2O.H2S/h;3*1H2. The molecule has 0 aromatic heterocycles. The average molecular weight is 93.1 g/mol. The van der Waals surface area contributed by atoms with E-state index in [4.69, 9.17) is 0 Å². The number of hydrogen-bond acceptors (Lipinski definition) is 0. The number of hydrogen-bond donors (Lipinski definition) is 0. The van der Waals surface area contributed by atoms with Crippen LogP contribution in [0.15, 0.2) is 0 Å². The molecule has 0 aliphatic rings. The molecule has 4 N–H and O–H groups in total. The zero-order valence-electron chi connectivity index (χ0n) is 2.50. The Kier molecular flexibility index (Phi) is 422. The maximum Gasteiger partial charge on any atom is 0 e. The molecule has 2 nitrogen and oxygen atoms in total. The molecule has 25 valence electrons. The number of rotatable bonds is 0. The topological polar surface area (TPSA) is 63.0 Å². The van der Waals surface area contributed by atoms with E-state index in [1.54, 1.807) is 0 Å². The summed E-state index contributed by atoms with van der Waals surface area (Å²) in [6, 6.07) is 0. The minimum Gasteiger partial charge on any atom is -0.412 e. The molecule has 0 aliphatic carbocycles. The summed E-state index contributed by atoms with van der Waals surface area (Å²) < 4.78 is 0. The third-order valence-electron chi connectivity index (χ3n) is 0. The minimum absolute atomic E-state index is 0. The molecular formula is H6NaO2S. The van der Waals surface area contributed by atoms with Crippen LogP contribution in [0.3, 0.4) is 0 Å². The summed E-state index contributed by atoms with van der Waals surface area (Å²) in [6.45, 7) is 0. The van der Waals surface area contributed by atoms with E-state index in [0.717, 1.165) is 0 Å². The van der Waals surface area contributed by atoms with Crippen molar-refractivity contribution in [2.24, 2.45) is 0 Å². The van der Waals surface area contributed by atoms with E-state index >= 15 is 0 Å². The van der Waals surface area contributed by atoms with Crippen LogP contribution in [0, 0.1) is 0 Å². The molecule has 0 aromatic rings. The maximum atomic E-state index is 0. The van der Waals surface area contributed by atoms with Crippen molar-refractivity contribution in [3.63, 3.8) is 0 Å². The summed E-state index contributed by atoms with van der Waals surface area (Å²) in [7, 11) is 0. The van der Waals surface area contributed by atoms with Gasteiger partial charge in [0.1, 0.15) is 0 Å². The third-order valence-corrected chi connectivity index (χ3v) is 0. The van der Waals surface area contributed by atoms with Gasteiger partial charge in [-0.3, -0.25) is 0 Å². The minimum atomic E-state index is 0. The van der Waals surface area contributed by atoms with Crippen molar-refractivity contribution < 1.29 is 11.0 Å². The zero-order chi connectivity index (χ0) is 0. The Hall–Kier alpha value is 1.27. The molecule has 0 aromatic carbocycles. The van der Waals surface area contributed by atoms with Crippen molar-refractivity contribution in [1.82, 2.24) is 0 Å². The first-order chi connectivity index (χ1) is 0. The Morgan fingerprint density at radius 3 is 0.750 bits per heavy atom. The molecule has 0 spiro atoms. The fraction of sp³-hybridized carbons (Fsp3) is 0. The second-order valence-corrected chi connectivity index (χ2v) is 0. The molecule has 0 heterocycles. The van der Waals surface area contributed by atoms with Crippen LogP contribution < -0.4 is 0 Å². The van der Waals surface area contributed by atoms with Crippen molar-refractivity contribution in [3.8, 4) is 0 Å². The fourth-order valence-electron chi connectivity index (χ4n) is 0. The van der Waals surface area contributed by atoms with Crippen molar-refractivity contribution in [3.05, 3.63) is 0 Å². The van der Waals surface area contributed by atoms with Gasteiger partial charge >= 0.3 is 0 Å². The Balaban J connectivity index is 0. The molecule has 0 unspecified atom stereocenters. The normalized spacial score (nSPS) is 0. The molecule has 4 heteroatoms. The van der Waals surface area contributed by atoms with Crippen LogP contribution in [0.2, 0.25) is 0 Å². The van der Waals surface area contributed by atoms with Crippen LogP contribution in [-0.4, -0.2) is 40.5 Å². The molecule has 0 aliphatic heterocycles. The van der Waals surface area contributed by atoms with Gasteiger partial charge in [-0.05, 0) is 0 Å². The first-order valence-electron chi connectivity index (χ1n) is 0. The van der Waals surface area contributed by atoms with E-state index in [9.17, 15) is 0 Å². The van der Waals surface area contributed by atoms with Gasteiger partial charge in [0.2, 0.25) is 0 Å². The predicted octanol–water partition coefficient (Wildman–Crippen LogP) is -1.92. The van der Waals surface area contributed by atoms with Crippen molar-refractivity contribution in [2.75, 3.05) is 0 Å². The first-order valence-corrected chi connectivity index (χ1v) is 0. The second-order valence-electron chi connectivity index (χ2n) is 0. The molecule has 0 saturated heterocycles. The van der Waals surface area contributed by atoms with Gasteiger partial charge in [-0.25, -0.2) is 0 Å². The molecule has 0 atom stereocenters. The van der Waals surface area contributed by atoms with Gasteiger partial charge in [0.05, 0.1) is 0 Å². The fourth-order valence-corrected chi connectivity index (χ4v) is 0. The Bertz CT molecular complexity index is 6.00. The molecule has 0 saturated carbocycles. The SMILES string of the molecule is O.O.S.[Na]. The quantitative estimate of drug-likeness (QED) is 0.313.